The minimum absolute atomic E-state index is 0.0475. The molecule has 0 spiro atoms. The molecule has 2 fully saturated rings. The third-order valence-electron chi connectivity index (χ3n) is 7.14. The second kappa shape index (κ2) is 12.9. The molecule has 2 atom stereocenters. The highest BCUT2D eigenvalue weighted by Crippen LogP contribution is 2.30. The van der Waals surface area contributed by atoms with Crippen molar-refractivity contribution in [2.45, 2.75) is 118 Å². The highest BCUT2D eigenvalue weighted by atomic mass is 16.2. The molecule has 3 N–H and O–H groups in total. The van der Waals surface area contributed by atoms with Crippen LogP contribution >= 0.6 is 0 Å². The zero-order valence-corrected chi connectivity index (χ0v) is 24.3. The lowest BCUT2D eigenvalue weighted by molar-refractivity contribution is -0.127. The molecule has 1 aromatic rings. The highest BCUT2D eigenvalue weighted by Gasteiger charge is 2.34. The molecule has 35 heavy (non-hydrogen) atoms. The van der Waals surface area contributed by atoms with Crippen LogP contribution in [0.4, 0.5) is 0 Å². The first-order valence-electron chi connectivity index (χ1n) is 13.3. The van der Waals surface area contributed by atoms with Crippen LogP contribution in [0.5, 0.6) is 0 Å². The van der Waals surface area contributed by atoms with Crippen molar-refractivity contribution < 1.29 is 9.59 Å². The average Bonchev–Trinajstić information content (AvgIpc) is 2.73. The van der Waals surface area contributed by atoms with Gasteiger partial charge in [0.2, 0.25) is 11.8 Å². The Labute approximate surface area is 215 Å². The summed E-state index contributed by atoms with van der Waals surface area (Å²) in [6.07, 6.45) is 4.99. The molecule has 2 saturated heterocycles. The van der Waals surface area contributed by atoms with Gasteiger partial charge in [-0.3, -0.25) is 14.5 Å². The van der Waals surface area contributed by atoms with Crippen LogP contribution in [0, 0.1) is 18.3 Å². The number of benzene rings is 1. The molecule has 0 saturated carbocycles. The third kappa shape index (κ3) is 10.7. The largest absolute Gasteiger partial charge is 0.368 e. The normalized spacial score (nSPS) is 21.6. The van der Waals surface area contributed by atoms with E-state index in [1.165, 1.54) is 17.5 Å². The molecule has 1 aromatic carbocycles. The predicted octanol–water partition coefficient (Wildman–Crippen LogP) is 5.98. The molecule has 200 valence electrons. The van der Waals surface area contributed by atoms with E-state index < -0.39 is 0 Å². The standard InChI is InChI=1S/C11H16.C10H20N2O.C9H17NO/c1-9-7-5-6-8-10(9)11(2,3)4;1-10(2,3)12-7-5-4-6-8(12)9(11)13;1-9(2,3)7-4-5-8(11)10-6-7/h5-8H,1-4H3;8H,4-7H2,1-3H3,(H2,11,13);7H,4-6H2,1-3H3,(H,10,11). The molecule has 0 bridgehead atoms. The number of hydrogen-bond acceptors (Lipinski definition) is 3. The Morgan fingerprint density at radius 3 is 1.94 bits per heavy atom. The van der Waals surface area contributed by atoms with Crippen LogP contribution in [0.2, 0.25) is 0 Å². The van der Waals surface area contributed by atoms with Gasteiger partial charge in [-0.05, 0) is 81.4 Å². The Hall–Kier alpha value is -1.88. The Bertz CT molecular complexity index is 802. The van der Waals surface area contributed by atoms with Crippen LogP contribution in [0.25, 0.3) is 0 Å². The maximum Gasteiger partial charge on any atom is 0.234 e. The number of primary amides is 1. The lowest BCUT2D eigenvalue weighted by atomic mass is 9.77. The van der Waals surface area contributed by atoms with E-state index in [-0.39, 0.29) is 28.8 Å². The Morgan fingerprint density at radius 2 is 1.57 bits per heavy atom. The first-order chi connectivity index (χ1) is 15.9. The lowest BCUT2D eigenvalue weighted by Crippen LogP contribution is -2.55. The zero-order chi connectivity index (χ0) is 27.0. The number of hydrogen-bond donors (Lipinski definition) is 2. The number of aryl methyl sites for hydroxylation is 1. The fourth-order valence-corrected chi connectivity index (χ4v) is 4.92. The molecule has 2 heterocycles. The monoisotopic (exact) mass is 487 g/mol. The summed E-state index contributed by atoms with van der Waals surface area (Å²) in [4.78, 5) is 24.2. The van der Waals surface area contributed by atoms with Crippen molar-refractivity contribution in [1.29, 1.82) is 0 Å². The summed E-state index contributed by atoms with van der Waals surface area (Å²) >= 11 is 0. The summed E-state index contributed by atoms with van der Waals surface area (Å²) < 4.78 is 0. The summed E-state index contributed by atoms with van der Waals surface area (Å²) in [6.45, 7) is 23.9. The van der Waals surface area contributed by atoms with Crippen LogP contribution in [0.15, 0.2) is 24.3 Å². The lowest BCUT2D eigenvalue weighted by Gasteiger charge is -2.43. The van der Waals surface area contributed by atoms with Gasteiger partial charge in [0.1, 0.15) is 0 Å². The van der Waals surface area contributed by atoms with Crippen LogP contribution in [0.1, 0.15) is 106 Å². The zero-order valence-electron chi connectivity index (χ0n) is 24.3. The van der Waals surface area contributed by atoms with Crippen LogP contribution < -0.4 is 11.1 Å². The Morgan fingerprint density at radius 1 is 0.971 bits per heavy atom. The minimum atomic E-state index is -0.172. The molecule has 0 aliphatic carbocycles. The third-order valence-corrected chi connectivity index (χ3v) is 7.14. The maximum absolute atomic E-state index is 11.2. The van der Waals surface area contributed by atoms with Gasteiger partial charge in [0, 0.05) is 18.5 Å². The Balaban J connectivity index is 0.000000264. The van der Waals surface area contributed by atoms with Gasteiger partial charge in [-0.15, -0.1) is 0 Å². The van der Waals surface area contributed by atoms with Crippen molar-refractivity contribution in [3.8, 4) is 0 Å². The quantitative estimate of drug-likeness (QED) is 0.512. The van der Waals surface area contributed by atoms with E-state index in [0.717, 1.165) is 32.4 Å². The second-order valence-electron chi connectivity index (χ2n) is 13.2. The van der Waals surface area contributed by atoms with Gasteiger partial charge in [0.25, 0.3) is 0 Å². The molecule has 2 unspecified atom stereocenters. The number of nitrogens with zero attached hydrogens (tertiary/aromatic N) is 1. The van der Waals surface area contributed by atoms with Gasteiger partial charge in [-0.2, -0.15) is 0 Å². The summed E-state index contributed by atoms with van der Waals surface area (Å²) in [6, 6.07) is 8.52. The van der Waals surface area contributed by atoms with Crippen molar-refractivity contribution >= 4 is 11.8 Å². The van der Waals surface area contributed by atoms with Gasteiger partial charge in [-0.1, -0.05) is 72.2 Å². The summed E-state index contributed by atoms with van der Waals surface area (Å²) in [5, 5.41) is 2.90. The van der Waals surface area contributed by atoms with Gasteiger partial charge >= 0.3 is 0 Å². The van der Waals surface area contributed by atoms with Crippen molar-refractivity contribution in [1.82, 2.24) is 10.2 Å². The number of likely N-dealkylation sites (tertiary alicyclic amines) is 1. The smallest absolute Gasteiger partial charge is 0.234 e. The van der Waals surface area contributed by atoms with Crippen molar-refractivity contribution in [2.75, 3.05) is 13.1 Å². The molecule has 2 aliphatic rings. The molecule has 0 radical (unpaired) electrons. The van der Waals surface area contributed by atoms with E-state index in [1.807, 2.05) is 0 Å². The van der Waals surface area contributed by atoms with Crippen molar-refractivity contribution in [3.63, 3.8) is 0 Å². The fraction of sp³-hybridized carbons (Fsp3) is 0.733. The molecule has 3 rings (SSSR count). The molecule has 2 aliphatic heterocycles. The average molecular weight is 488 g/mol. The summed E-state index contributed by atoms with van der Waals surface area (Å²) in [5.41, 5.74) is 8.89. The fourth-order valence-electron chi connectivity index (χ4n) is 4.92. The van der Waals surface area contributed by atoms with Gasteiger partial charge in [0.05, 0.1) is 6.04 Å². The second-order valence-corrected chi connectivity index (χ2v) is 13.2. The molecule has 5 nitrogen and oxygen atoms in total. The number of nitrogens with one attached hydrogen (secondary N) is 1. The molecule has 5 heteroatoms. The molecular formula is C30H53N3O2. The number of amides is 2. The van der Waals surface area contributed by atoms with E-state index in [0.29, 0.717) is 17.8 Å². The van der Waals surface area contributed by atoms with Crippen LogP contribution in [-0.2, 0) is 15.0 Å². The number of carbonyl (C=O) groups is 2. The topological polar surface area (TPSA) is 75.4 Å². The Kier molecular flexibility index (Phi) is 11.5. The maximum atomic E-state index is 11.2. The van der Waals surface area contributed by atoms with E-state index in [4.69, 9.17) is 5.73 Å². The number of rotatable bonds is 1. The van der Waals surface area contributed by atoms with E-state index in [1.54, 1.807) is 0 Å². The van der Waals surface area contributed by atoms with Crippen molar-refractivity contribution in [3.05, 3.63) is 35.4 Å². The summed E-state index contributed by atoms with van der Waals surface area (Å²) in [7, 11) is 0. The SMILES string of the molecule is CC(C)(C)C1CCC(=O)NC1.CC(C)(C)N1CCCCC1C(N)=O.Cc1ccccc1C(C)(C)C. The number of carbonyl (C=O) groups excluding carboxylic acids is 2. The first kappa shape index (κ1) is 31.2. The van der Waals surface area contributed by atoms with Gasteiger partial charge in [0.15, 0.2) is 0 Å². The highest BCUT2D eigenvalue weighted by molar-refractivity contribution is 5.80. The van der Waals surface area contributed by atoms with E-state index in [9.17, 15) is 9.59 Å². The number of piperidine rings is 2. The molecule has 2 amide bonds. The molecule has 0 aromatic heterocycles. The minimum Gasteiger partial charge on any atom is -0.368 e. The van der Waals surface area contributed by atoms with Gasteiger partial charge in [-0.25, -0.2) is 0 Å². The van der Waals surface area contributed by atoms with Crippen molar-refractivity contribution in [2.24, 2.45) is 17.1 Å². The predicted molar refractivity (Wildman–Crippen MR) is 148 cm³/mol. The van der Waals surface area contributed by atoms with Gasteiger partial charge < -0.3 is 11.1 Å². The summed E-state index contributed by atoms with van der Waals surface area (Å²) in [5.74, 6) is 0.695. The van der Waals surface area contributed by atoms with Crippen LogP contribution in [-0.4, -0.2) is 41.4 Å². The number of nitrogens with two attached hydrogens (primary N) is 1. The van der Waals surface area contributed by atoms with Crippen LogP contribution in [0.3, 0.4) is 0 Å². The van der Waals surface area contributed by atoms with E-state index >= 15 is 0 Å². The van der Waals surface area contributed by atoms with E-state index in [2.05, 4.69) is 104 Å². The molecular weight excluding hydrogens is 434 g/mol. The first-order valence-corrected chi connectivity index (χ1v) is 13.3.